The second-order valence-electron chi connectivity index (χ2n) is 5.84. The van der Waals surface area contributed by atoms with Gasteiger partial charge in [0.1, 0.15) is 0 Å². The van der Waals surface area contributed by atoms with Crippen molar-refractivity contribution >= 4 is 0 Å². The van der Waals surface area contributed by atoms with Crippen molar-refractivity contribution in [2.24, 2.45) is 11.8 Å². The average molecular weight is 237 g/mol. The maximum atomic E-state index is 2.60. The molecular formula is C17H19N. The van der Waals surface area contributed by atoms with E-state index in [0.29, 0.717) is 6.04 Å². The molecule has 2 heterocycles. The van der Waals surface area contributed by atoms with E-state index < -0.39 is 0 Å². The van der Waals surface area contributed by atoms with Gasteiger partial charge in [0.2, 0.25) is 0 Å². The number of rotatable bonds is 0. The van der Waals surface area contributed by atoms with Gasteiger partial charge in [-0.2, -0.15) is 0 Å². The maximum absolute atomic E-state index is 2.60. The molecule has 0 aromatic carbocycles. The molecule has 1 heteroatoms. The van der Waals surface area contributed by atoms with Crippen LogP contribution in [0.5, 0.6) is 0 Å². The first-order valence-electron chi connectivity index (χ1n) is 7.09. The van der Waals surface area contributed by atoms with Crippen LogP contribution in [0.1, 0.15) is 19.3 Å². The van der Waals surface area contributed by atoms with Gasteiger partial charge in [-0.15, -0.1) is 0 Å². The number of fused-ring (bicyclic) bond motifs is 4. The Morgan fingerprint density at radius 3 is 3.00 bits per heavy atom. The first kappa shape index (κ1) is 10.4. The molecule has 1 saturated heterocycles. The molecule has 1 nitrogen and oxygen atoms in total. The first-order valence-corrected chi connectivity index (χ1v) is 7.09. The van der Waals surface area contributed by atoms with Crippen LogP contribution in [-0.4, -0.2) is 17.0 Å². The third-order valence-electron chi connectivity index (χ3n) is 4.84. The quantitative estimate of drug-likeness (QED) is 0.622. The Bertz CT molecular complexity index is 492. The van der Waals surface area contributed by atoms with Crippen molar-refractivity contribution in [2.45, 2.75) is 31.3 Å². The minimum atomic E-state index is 0.602. The molecule has 4 atom stereocenters. The third-order valence-corrected chi connectivity index (χ3v) is 4.84. The highest BCUT2D eigenvalue weighted by Gasteiger charge is 2.39. The lowest BCUT2D eigenvalue weighted by molar-refractivity contribution is 0.277. The molecular weight excluding hydrogens is 218 g/mol. The van der Waals surface area contributed by atoms with Gasteiger partial charge in [0.25, 0.3) is 0 Å². The highest BCUT2D eigenvalue weighted by atomic mass is 15.2. The van der Waals surface area contributed by atoms with Crippen LogP contribution < -0.4 is 0 Å². The van der Waals surface area contributed by atoms with E-state index in [4.69, 9.17) is 0 Å². The molecule has 0 saturated carbocycles. The van der Waals surface area contributed by atoms with Crippen LogP contribution in [0.15, 0.2) is 60.4 Å². The summed E-state index contributed by atoms with van der Waals surface area (Å²) < 4.78 is 0. The van der Waals surface area contributed by atoms with Crippen molar-refractivity contribution in [3.63, 3.8) is 0 Å². The van der Waals surface area contributed by atoms with E-state index in [-0.39, 0.29) is 0 Å². The predicted octanol–water partition coefficient (Wildman–Crippen LogP) is 3.59. The maximum Gasteiger partial charge on any atom is 0.0537 e. The monoisotopic (exact) mass is 237 g/mol. The lowest BCUT2D eigenvalue weighted by Crippen LogP contribution is -2.32. The van der Waals surface area contributed by atoms with E-state index in [1.54, 1.807) is 0 Å². The number of hydrogen-bond donors (Lipinski definition) is 0. The molecule has 4 aliphatic rings. The molecule has 4 rings (SSSR count). The fourth-order valence-corrected chi connectivity index (χ4v) is 3.92. The lowest BCUT2D eigenvalue weighted by atomic mass is 9.85. The van der Waals surface area contributed by atoms with Crippen LogP contribution >= 0.6 is 0 Å². The first-order chi connectivity index (χ1) is 8.92. The van der Waals surface area contributed by atoms with E-state index >= 15 is 0 Å². The molecule has 0 bridgehead atoms. The lowest BCUT2D eigenvalue weighted by Gasteiger charge is -2.28. The molecule has 0 radical (unpaired) electrons. The van der Waals surface area contributed by atoms with Crippen LogP contribution in [0.25, 0.3) is 0 Å². The van der Waals surface area contributed by atoms with Crippen LogP contribution in [0.3, 0.4) is 0 Å². The standard InChI is InChI=1S/C17H19N/c1-2-6-14-11-16-12-15-7-3-4-8-17(15)18(16)10-9-13(14)5-1/h1-5,7-10,14-17H,6,11-12H2. The van der Waals surface area contributed by atoms with Crippen LogP contribution in [0, 0.1) is 11.8 Å². The van der Waals surface area contributed by atoms with E-state index in [1.807, 2.05) is 0 Å². The molecule has 0 spiro atoms. The Morgan fingerprint density at radius 2 is 2.00 bits per heavy atom. The Balaban J connectivity index is 1.67. The second-order valence-corrected chi connectivity index (χ2v) is 5.84. The van der Waals surface area contributed by atoms with Gasteiger partial charge >= 0.3 is 0 Å². The minimum absolute atomic E-state index is 0.602. The number of nitrogens with zero attached hydrogens (tertiary/aromatic N) is 1. The minimum Gasteiger partial charge on any atom is -0.367 e. The van der Waals surface area contributed by atoms with E-state index in [9.17, 15) is 0 Å². The summed E-state index contributed by atoms with van der Waals surface area (Å²) in [7, 11) is 0. The second kappa shape index (κ2) is 4.01. The molecule has 92 valence electrons. The summed E-state index contributed by atoms with van der Waals surface area (Å²) >= 11 is 0. The van der Waals surface area contributed by atoms with Crippen LogP contribution in [0.2, 0.25) is 0 Å². The molecule has 0 N–H and O–H groups in total. The van der Waals surface area contributed by atoms with E-state index in [1.165, 1.54) is 24.8 Å². The number of allylic oxidation sites excluding steroid dienone is 7. The van der Waals surface area contributed by atoms with Crippen molar-refractivity contribution in [3.8, 4) is 0 Å². The Hall–Kier alpha value is -1.50. The van der Waals surface area contributed by atoms with E-state index in [0.717, 1.165) is 17.9 Å². The fraction of sp³-hybridized carbons (Fsp3) is 0.412. The van der Waals surface area contributed by atoms with Gasteiger partial charge < -0.3 is 4.90 Å². The Kier molecular flexibility index (Phi) is 2.32. The van der Waals surface area contributed by atoms with Gasteiger partial charge in [0.05, 0.1) is 6.04 Å². The summed E-state index contributed by atoms with van der Waals surface area (Å²) in [6.45, 7) is 0. The molecule has 4 unspecified atom stereocenters. The van der Waals surface area contributed by atoms with Crippen LogP contribution in [0.4, 0.5) is 0 Å². The summed E-state index contributed by atoms with van der Waals surface area (Å²) in [5.41, 5.74) is 1.53. The van der Waals surface area contributed by atoms with Crippen molar-refractivity contribution < 1.29 is 0 Å². The summed E-state index contributed by atoms with van der Waals surface area (Å²) in [4.78, 5) is 2.60. The topological polar surface area (TPSA) is 3.24 Å². The third kappa shape index (κ3) is 1.53. The Labute approximate surface area is 109 Å². The predicted molar refractivity (Wildman–Crippen MR) is 74.9 cm³/mol. The largest absolute Gasteiger partial charge is 0.367 e. The molecule has 0 aromatic rings. The summed E-state index contributed by atoms with van der Waals surface area (Å²) in [6.07, 6.45) is 24.6. The van der Waals surface area contributed by atoms with Crippen molar-refractivity contribution in [2.75, 3.05) is 0 Å². The molecule has 0 aromatic heterocycles. The van der Waals surface area contributed by atoms with Crippen LogP contribution in [-0.2, 0) is 0 Å². The SMILES string of the molecule is C1=CCC2CC3CC4C=CC=CC4N3C=CC2=C1. The average Bonchev–Trinajstić information content (AvgIpc) is 2.65. The van der Waals surface area contributed by atoms with Gasteiger partial charge in [-0.25, -0.2) is 0 Å². The van der Waals surface area contributed by atoms with Gasteiger partial charge in [-0.3, -0.25) is 0 Å². The van der Waals surface area contributed by atoms with Gasteiger partial charge in [0.15, 0.2) is 0 Å². The van der Waals surface area contributed by atoms with Gasteiger partial charge in [-0.05, 0) is 36.8 Å². The number of hydrogen-bond acceptors (Lipinski definition) is 1. The van der Waals surface area contributed by atoms with Crippen molar-refractivity contribution in [1.82, 2.24) is 4.90 Å². The molecule has 1 fully saturated rings. The normalized spacial score (nSPS) is 40.0. The van der Waals surface area contributed by atoms with Crippen molar-refractivity contribution in [3.05, 3.63) is 60.4 Å². The molecule has 2 aliphatic carbocycles. The van der Waals surface area contributed by atoms with Gasteiger partial charge in [0, 0.05) is 18.2 Å². The highest BCUT2D eigenvalue weighted by molar-refractivity contribution is 5.33. The summed E-state index contributed by atoms with van der Waals surface area (Å²) in [6, 6.07) is 1.33. The Morgan fingerprint density at radius 1 is 1.06 bits per heavy atom. The zero-order valence-corrected chi connectivity index (χ0v) is 10.6. The summed E-state index contributed by atoms with van der Waals surface area (Å²) in [5.74, 6) is 1.48. The zero-order chi connectivity index (χ0) is 11.9. The molecule has 0 amide bonds. The molecule has 18 heavy (non-hydrogen) atoms. The zero-order valence-electron chi connectivity index (χ0n) is 10.6. The van der Waals surface area contributed by atoms with E-state index in [2.05, 4.69) is 59.7 Å². The van der Waals surface area contributed by atoms with Gasteiger partial charge in [-0.1, -0.05) is 42.5 Å². The van der Waals surface area contributed by atoms with Crippen molar-refractivity contribution in [1.29, 1.82) is 0 Å². The molecule has 2 aliphatic heterocycles. The fourth-order valence-electron chi connectivity index (χ4n) is 3.92. The highest BCUT2D eigenvalue weighted by Crippen LogP contribution is 2.41. The smallest absolute Gasteiger partial charge is 0.0537 e. The summed E-state index contributed by atoms with van der Waals surface area (Å²) in [5, 5.41) is 0.